The summed E-state index contributed by atoms with van der Waals surface area (Å²) in [5.41, 5.74) is 5.70. The fourth-order valence-corrected chi connectivity index (χ4v) is 7.34. The van der Waals surface area contributed by atoms with Crippen molar-refractivity contribution in [2.45, 2.75) is 63.6 Å². The first-order valence-electron chi connectivity index (χ1n) is 13.2. The number of hydrogen-bond acceptors (Lipinski definition) is 6. The number of para-hydroxylation sites is 1. The normalized spacial score (nSPS) is 25.9. The summed E-state index contributed by atoms with van der Waals surface area (Å²) >= 11 is 7.89. The summed E-state index contributed by atoms with van der Waals surface area (Å²) in [5.74, 6) is 2.68. The van der Waals surface area contributed by atoms with E-state index in [1.807, 2.05) is 30.3 Å². The van der Waals surface area contributed by atoms with E-state index in [0.29, 0.717) is 45.7 Å². The molecule has 1 N–H and O–H groups in total. The minimum Gasteiger partial charge on any atom is -0.452 e. The van der Waals surface area contributed by atoms with Crippen molar-refractivity contribution in [3.05, 3.63) is 70.8 Å². The van der Waals surface area contributed by atoms with Gasteiger partial charge in [-0.2, -0.15) is 4.98 Å². The van der Waals surface area contributed by atoms with Gasteiger partial charge in [-0.3, -0.25) is 0 Å². The number of fused-ring (bicyclic) bond motifs is 4. The van der Waals surface area contributed by atoms with Crippen LogP contribution in [-0.4, -0.2) is 21.4 Å². The summed E-state index contributed by atoms with van der Waals surface area (Å²) in [4.78, 5) is 4.87. The zero-order valence-corrected chi connectivity index (χ0v) is 23.1. The molecule has 37 heavy (non-hydrogen) atoms. The molecular weight excluding hydrogens is 500 g/mol. The van der Waals surface area contributed by atoms with Gasteiger partial charge < -0.3 is 10.1 Å². The van der Waals surface area contributed by atoms with Crippen molar-refractivity contribution in [1.82, 2.24) is 15.2 Å². The first-order chi connectivity index (χ1) is 17.9. The molecule has 0 spiro atoms. The number of ether oxygens (including phenoxy) is 1. The molecule has 5 nitrogen and oxygen atoms in total. The molecule has 0 saturated heterocycles. The molecule has 7 heteroatoms. The minimum absolute atomic E-state index is 0.185. The Morgan fingerprint density at radius 2 is 1.92 bits per heavy atom. The molecule has 4 atom stereocenters. The van der Waals surface area contributed by atoms with Crippen LogP contribution in [0.5, 0.6) is 5.88 Å². The van der Waals surface area contributed by atoms with Gasteiger partial charge in [0, 0.05) is 27.9 Å². The Bertz CT molecular complexity index is 1340. The Morgan fingerprint density at radius 1 is 1.11 bits per heavy atom. The smallest absolute Gasteiger partial charge is 0.247 e. The molecule has 1 aromatic heterocycles. The maximum Gasteiger partial charge on any atom is 0.247 e. The van der Waals surface area contributed by atoms with Crippen LogP contribution in [0.15, 0.2) is 65.3 Å². The van der Waals surface area contributed by atoms with Crippen molar-refractivity contribution < 1.29 is 4.74 Å². The van der Waals surface area contributed by atoms with Crippen molar-refractivity contribution in [3.63, 3.8) is 0 Å². The van der Waals surface area contributed by atoms with Crippen LogP contribution in [0.1, 0.15) is 52.0 Å². The first-order valence-corrected chi connectivity index (χ1v) is 14.6. The fourth-order valence-electron chi connectivity index (χ4n) is 6.27. The molecule has 3 aliphatic rings. The second-order valence-electron chi connectivity index (χ2n) is 11.3. The van der Waals surface area contributed by atoms with E-state index in [1.165, 1.54) is 24.6 Å². The van der Waals surface area contributed by atoms with E-state index in [1.54, 1.807) is 5.57 Å². The number of benzene rings is 2. The summed E-state index contributed by atoms with van der Waals surface area (Å²) in [7, 11) is 0. The predicted molar refractivity (Wildman–Crippen MR) is 151 cm³/mol. The molecule has 1 saturated carbocycles. The van der Waals surface area contributed by atoms with E-state index in [9.17, 15) is 0 Å². The van der Waals surface area contributed by atoms with Crippen LogP contribution >= 0.6 is 23.4 Å². The molecule has 0 radical (unpaired) electrons. The zero-order valence-electron chi connectivity index (χ0n) is 21.6. The number of halogens is 1. The Labute approximate surface area is 228 Å². The highest BCUT2D eigenvalue weighted by Gasteiger charge is 2.44. The molecule has 2 heterocycles. The number of allylic oxidation sites excluding steroid dienone is 2. The maximum atomic E-state index is 6.73. The fraction of sp³-hybridized carbons (Fsp3) is 0.433. The molecule has 2 aliphatic carbocycles. The highest BCUT2D eigenvalue weighted by atomic mass is 35.5. The number of thioether (sulfide) groups is 1. The molecular formula is C30H33ClN4OS. The van der Waals surface area contributed by atoms with Gasteiger partial charge in [0.15, 0.2) is 11.9 Å². The third kappa shape index (κ3) is 4.86. The average molecular weight is 533 g/mol. The van der Waals surface area contributed by atoms with Crippen LogP contribution in [0.4, 0.5) is 5.69 Å². The number of aromatic nitrogens is 3. The Morgan fingerprint density at radius 3 is 2.78 bits per heavy atom. The predicted octanol–water partition coefficient (Wildman–Crippen LogP) is 8.02. The van der Waals surface area contributed by atoms with Crippen LogP contribution in [0.2, 0.25) is 5.02 Å². The van der Waals surface area contributed by atoms with Gasteiger partial charge in [-0.1, -0.05) is 92.2 Å². The number of hydrogen-bond donors (Lipinski definition) is 1. The lowest BCUT2D eigenvalue weighted by Gasteiger charge is -2.48. The largest absolute Gasteiger partial charge is 0.452 e. The topological polar surface area (TPSA) is 59.9 Å². The zero-order chi connectivity index (χ0) is 25.6. The first kappa shape index (κ1) is 24.7. The number of rotatable bonds is 4. The van der Waals surface area contributed by atoms with Gasteiger partial charge in [0.2, 0.25) is 11.0 Å². The van der Waals surface area contributed by atoms with Crippen LogP contribution < -0.4 is 10.1 Å². The molecule has 0 bridgehead atoms. The minimum atomic E-state index is -0.185. The summed E-state index contributed by atoms with van der Waals surface area (Å²) in [6, 6.07) is 16.1. The van der Waals surface area contributed by atoms with E-state index < -0.39 is 0 Å². The van der Waals surface area contributed by atoms with Gasteiger partial charge in [0.05, 0.1) is 0 Å². The third-order valence-electron chi connectivity index (χ3n) is 8.44. The SMILES string of the molecule is C[C@@H]1CC2=CCCC(C)(C)[C@@H]2C[C@@H]1[C@H]1Nc2ccccc2-c2nnc(SCc3ccccc3Cl)nc2O1. The summed E-state index contributed by atoms with van der Waals surface area (Å²) in [6.07, 6.45) is 7.02. The van der Waals surface area contributed by atoms with Crippen molar-refractivity contribution in [3.8, 4) is 17.1 Å². The lowest BCUT2D eigenvalue weighted by molar-refractivity contribution is 0.0519. The van der Waals surface area contributed by atoms with Crippen molar-refractivity contribution in [2.75, 3.05) is 5.32 Å². The monoisotopic (exact) mass is 532 g/mol. The van der Waals surface area contributed by atoms with E-state index in [-0.39, 0.29) is 6.23 Å². The molecule has 2 aromatic carbocycles. The van der Waals surface area contributed by atoms with Gasteiger partial charge in [0.25, 0.3) is 0 Å². The van der Waals surface area contributed by atoms with Gasteiger partial charge in [-0.15, -0.1) is 10.2 Å². The quantitative estimate of drug-likeness (QED) is 0.271. The lowest BCUT2D eigenvalue weighted by atomic mass is 9.59. The molecule has 0 amide bonds. The van der Waals surface area contributed by atoms with Gasteiger partial charge >= 0.3 is 0 Å². The van der Waals surface area contributed by atoms with E-state index in [2.05, 4.69) is 60.6 Å². The Kier molecular flexibility index (Phi) is 6.66. The van der Waals surface area contributed by atoms with Crippen LogP contribution in [0.3, 0.4) is 0 Å². The summed E-state index contributed by atoms with van der Waals surface area (Å²) < 4.78 is 6.73. The van der Waals surface area contributed by atoms with Crippen LogP contribution in [-0.2, 0) is 5.75 Å². The molecule has 3 aromatic rings. The third-order valence-corrected chi connectivity index (χ3v) is 9.70. The molecule has 1 aliphatic heterocycles. The average Bonchev–Trinajstić information content (AvgIpc) is 3.04. The Hall–Kier alpha value is -2.57. The summed E-state index contributed by atoms with van der Waals surface area (Å²) in [6.45, 7) is 7.24. The molecule has 1 fully saturated rings. The second kappa shape index (κ2) is 9.95. The van der Waals surface area contributed by atoms with E-state index in [4.69, 9.17) is 21.3 Å². The molecule has 0 unspecified atom stereocenters. The van der Waals surface area contributed by atoms with Crippen LogP contribution in [0, 0.1) is 23.2 Å². The second-order valence-corrected chi connectivity index (χ2v) is 12.6. The van der Waals surface area contributed by atoms with Crippen molar-refractivity contribution in [1.29, 1.82) is 0 Å². The lowest BCUT2D eigenvalue weighted by Crippen LogP contribution is -2.45. The van der Waals surface area contributed by atoms with Crippen molar-refractivity contribution >= 4 is 29.1 Å². The number of anilines is 1. The van der Waals surface area contributed by atoms with Gasteiger partial charge in [-0.25, -0.2) is 0 Å². The maximum absolute atomic E-state index is 6.73. The van der Waals surface area contributed by atoms with E-state index in [0.717, 1.165) is 34.7 Å². The highest BCUT2D eigenvalue weighted by Crippen LogP contribution is 2.52. The summed E-state index contributed by atoms with van der Waals surface area (Å²) in [5, 5.41) is 14.1. The Balaban J connectivity index is 1.31. The van der Waals surface area contributed by atoms with Gasteiger partial charge in [0.1, 0.15) is 0 Å². The highest BCUT2D eigenvalue weighted by molar-refractivity contribution is 7.98. The number of nitrogens with zero attached hydrogens (tertiary/aromatic N) is 3. The van der Waals surface area contributed by atoms with Crippen LogP contribution in [0.25, 0.3) is 11.3 Å². The molecule has 6 rings (SSSR count). The number of nitrogens with one attached hydrogen (secondary N) is 1. The van der Waals surface area contributed by atoms with Crippen molar-refractivity contribution in [2.24, 2.45) is 23.2 Å². The standard InChI is InChI=1S/C30H33ClN4OS/c1-18-15-19-10-8-14-30(2,3)23(19)16-22(18)27-32-25-13-7-5-11-21(25)26-28(36-27)33-29(35-34-26)37-17-20-9-4-6-12-24(20)31/h4-7,9-13,18,22-23,27,32H,8,14-17H2,1-3H3/t18-,22+,23-,27+/m1/s1. The van der Waals surface area contributed by atoms with E-state index >= 15 is 0 Å². The van der Waals surface area contributed by atoms with Gasteiger partial charge in [-0.05, 0) is 60.6 Å². The molecule has 192 valence electrons.